The highest BCUT2D eigenvalue weighted by Crippen LogP contribution is 2.46. The molecule has 0 radical (unpaired) electrons. The number of methoxy groups -OCH3 is 2. The Morgan fingerprint density at radius 3 is 1.89 bits per heavy atom. The molecule has 0 bridgehead atoms. The van der Waals surface area contributed by atoms with E-state index in [-0.39, 0.29) is 50.4 Å². The van der Waals surface area contributed by atoms with Crippen LogP contribution in [0.1, 0.15) is 76.8 Å². The summed E-state index contributed by atoms with van der Waals surface area (Å²) in [5.41, 5.74) is 9.38. The molecule has 4 aromatic rings. The molecular formula is C41H46Cl2N4O9. The molecule has 0 unspecified atom stereocenters. The van der Waals surface area contributed by atoms with Crippen molar-refractivity contribution < 1.29 is 44.2 Å². The Labute approximate surface area is 335 Å². The number of hydrogen-bond acceptors (Lipinski definition) is 11. The Kier molecular flexibility index (Phi) is 13.7. The van der Waals surface area contributed by atoms with Gasteiger partial charge in [-0.15, -0.1) is 0 Å². The van der Waals surface area contributed by atoms with Gasteiger partial charge in [-0.25, -0.2) is 4.98 Å². The van der Waals surface area contributed by atoms with Gasteiger partial charge in [0.05, 0.1) is 50.0 Å². The van der Waals surface area contributed by atoms with Gasteiger partial charge in [0, 0.05) is 37.3 Å². The minimum atomic E-state index is -1.08. The minimum absolute atomic E-state index is 0.0823. The van der Waals surface area contributed by atoms with E-state index in [0.717, 1.165) is 36.9 Å². The van der Waals surface area contributed by atoms with Gasteiger partial charge in [0.1, 0.15) is 11.1 Å². The molecule has 2 aliphatic carbocycles. The number of carbonyl (C=O) groups is 2. The quantitative estimate of drug-likeness (QED) is 0.0681. The number of aromatic nitrogens is 2. The summed E-state index contributed by atoms with van der Waals surface area (Å²) in [6, 6.07) is 16.3. The Balaban J connectivity index is 1.16. The summed E-state index contributed by atoms with van der Waals surface area (Å²) >= 11 is 13.5. The van der Waals surface area contributed by atoms with Gasteiger partial charge in [-0.2, -0.15) is 4.98 Å². The number of rotatable bonds is 19. The van der Waals surface area contributed by atoms with E-state index in [1.165, 1.54) is 34.9 Å². The Bertz CT molecular complexity index is 1920. The van der Waals surface area contributed by atoms with E-state index in [1.807, 2.05) is 6.07 Å². The van der Waals surface area contributed by atoms with Crippen molar-refractivity contribution in [3.63, 3.8) is 0 Å². The molecule has 4 atom stereocenters. The van der Waals surface area contributed by atoms with E-state index in [0.29, 0.717) is 45.9 Å². The predicted octanol–water partition coefficient (Wildman–Crippen LogP) is 5.66. The number of aliphatic carboxylic acids is 2. The van der Waals surface area contributed by atoms with Crippen molar-refractivity contribution in [2.75, 3.05) is 27.3 Å². The molecule has 0 fully saturated rings. The third-order valence-electron chi connectivity index (χ3n) is 10.3. The fraction of sp³-hybridized carbons (Fsp3) is 0.415. The zero-order valence-corrected chi connectivity index (χ0v) is 32.7. The average molecular weight is 810 g/mol. The van der Waals surface area contributed by atoms with Gasteiger partial charge in [0.15, 0.2) is 0 Å². The summed E-state index contributed by atoms with van der Waals surface area (Å²) in [7, 11) is 3.05. The summed E-state index contributed by atoms with van der Waals surface area (Å²) < 4.78 is 17.6. The number of aliphatic hydroxyl groups excluding tert-OH is 2. The summed E-state index contributed by atoms with van der Waals surface area (Å²) in [6.07, 6.45) is 1.04. The molecule has 2 aromatic heterocycles. The van der Waals surface area contributed by atoms with Gasteiger partial charge in [-0.05, 0) is 83.5 Å². The smallest absolute Gasteiger partial charge is 0.306 e. The van der Waals surface area contributed by atoms with E-state index < -0.39 is 24.1 Å². The third kappa shape index (κ3) is 9.71. The Morgan fingerprint density at radius 2 is 1.30 bits per heavy atom. The Morgan fingerprint density at radius 1 is 0.768 bits per heavy atom. The SMILES string of the molecule is COc1nc(C[C@H]2CCc3c(-c4cccc5c4CC[C@@H]5Oc4nc(OC)c(CNC[C@@H](O)CC(=O)O)cc4Cl)cccc32)c(Cl)cc1CNC[C@@H](O)CC(=O)O. The zero-order valence-electron chi connectivity index (χ0n) is 31.2. The molecule has 0 aliphatic heterocycles. The van der Waals surface area contributed by atoms with Crippen LogP contribution in [0.2, 0.25) is 10.0 Å². The molecule has 0 saturated carbocycles. The van der Waals surface area contributed by atoms with Gasteiger partial charge in [0.25, 0.3) is 0 Å². The van der Waals surface area contributed by atoms with E-state index in [1.54, 1.807) is 13.2 Å². The van der Waals surface area contributed by atoms with Crippen LogP contribution in [-0.2, 0) is 41.9 Å². The molecule has 0 spiro atoms. The van der Waals surface area contributed by atoms with Crippen LogP contribution in [0.5, 0.6) is 17.6 Å². The summed E-state index contributed by atoms with van der Waals surface area (Å²) in [5, 5.41) is 44.5. The fourth-order valence-electron chi connectivity index (χ4n) is 7.73. The second-order valence-electron chi connectivity index (χ2n) is 14.1. The number of benzene rings is 2. The molecule has 2 heterocycles. The number of carboxylic acids is 2. The number of pyridine rings is 2. The number of aliphatic hydroxyl groups is 2. The van der Waals surface area contributed by atoms with Crippen LogP contribution in [0.15, 0.2) is 48.5 Å². The second kappa shape index (κ2) is 18.6. The predicted molar refractivity (Wildman–Crippen MR) is 210 cm³/mol. The lowest BCUT2D eigenvalue weighted by Gasteiger charge is -2.19. The van der Waals surface area contributed by atoms with Crippen molar-refractivity contribution >= 4 is 35.1 Å². The number of nitrogens with zero attached hydrogens (tertiary/aromatic N) is 2. The van der Waals surface area contributed by atoms with Crippen molar-refractivity contribution in [2.24, 2.45) is 0 Å². The third-order valence-corrected chi connectivity index (χ3v) is 10.9. The number of hydrogen-bond donors (Lipinski definition) is 6. The molecule has 56 heavy (non-hydrogen) atoms. The minimum Gasteiger partial charge on any atom is -0.481 e. The number of fused-ring (bicyclic) bond motifs is 2. The van der Waals surface area contributed by atoms with Crippen molar-refractivity contribution in [2.45, 2.75) is 82.3 Å². The van der Waals surface area contributed by atoms with E-state index in [4.69, 9.17) is 52.6 Å². The molecular weight excluding hydrogens is 763 g/mol. The molecule has 0 amide bonds. The first-order valence-corrected chi connectivity index (χ1v) is 19.3. The Hall–Kier alpha value is -4.50. The van der Waals surface area contributed by atoms with Crippen LogP contribution in [0, 0.1) is 0 Å². The maximum atomic E-state index is 10.9. The van der Waals surface area contributed by atoms with Gasteiger partial charge < -0.3 is 45.3 Å². The number of halogens is 2. The highest BCUT2D eigenvalue weighted by Gasteiger charge is 2.31. The van der Waals surface area contributed by atoms with Crippen LogP contribution in [0.3, 0.4) is 0 Å². The first-order valence-electron chi connectivity index (χ1n) is 18.5. The highest BCUT2D eigenvalue weighted by atomic mass is 35.5. The molecule has 298 valence electrons. The number of ether oxygens (including phenoxy) is 3. The van der Waals surface area contributed by atoms with Crippen molar-refractivity contribution in [3.8, 4) is 28.8 Å². The normalized spacial score (nSPS) is 16.9. The average Bonchev–Trinajstić information content (AvgIpc) is 3.77. The molecule has 0 saturated heterocycles. The molecule has 2 aliphatic rings. The summed E-state index contributed by atoms with van der Waals surface area (Å²) in [5.74, 6) is -0.925. The van der Waals surface area contributed by atoms with Crippen molar-refractivity contribution in [3.05, 3.63) is 97.7 Å². The van der Waals surface area contributed by atoms with Crippen LogP contribution in [-0.4, -0.2) is 81.8 Å². The standard InChI is InChI=1S/C41H46Cl2N4O9/c1-54-39-23(18-44-20-25(48)16-37(50)51)13-33(42)35(46-39)15-22-9-10-30-27(22)5-3-6-28(30)29-7-4-8-32-31(29)11-12-36(32)56-41-34(43)14-24(40(47-41)55-2)19-45-21-26(49)17-38(52)53/h3-8,13-14,22,25-26,36,44-45,48-49H,9-12,15-21H2,1-2H3,(H,50,51)(H,52,53)/t22-,25+,26+,36+/m1/s1. The van der Waals surface area contributed by atoms with Crippen LogP contribution in [0.4, 0.5) is 0 Å². The van der Waals surface area contributed by atoms with Crippen molar-refractivity contribution in [1.82, 2.24) is 20.6 Å². The number of nitrogens with one attached hydrogen (secondary N) is 2. The summed E-state index contributed by atoms with van der Waals surface area (Å²) in [6.45, 7) is 0.759. The van der Waals surface area contributed by atoms with Crippen LogP contribution >= 0.6 is 23.2 Å². The monoisotopic (exact) mass is 808 g/mol. The van der Waals surface area contributed by atoms with E-state index in [9.17, 15) is 19.8 Å². The maximum absolute atomic E-state index is 10.9. The molecule has 13 nitrogen and oxygen atoms in total. The van der Waals surface area contributed by atoms with Gasteiger partial charge in [0.2, 0.25) is 17.6 Å². The first kappa shape index (κ1) is 41.1. The lowest BCUT2D eigenvalue weighted by Crippen LogP contribution is -2.28. The second-order valence-corrected chi connectivity index (χ2v) is 14.9. The van der Waals surface area contributed by atoms with Crippen LogP contribution < -0.4 is 24.8 Å². The van der Waals surface area contributed by atoms with E-state index >= 15 is 0 Å². The maximum Gasteiger partial charge on any atom is 0.306 e. The van der Waals surface area contributed by atoms with Gasteiger partial charge in [-0.1, -0.05) is 59.6 Å². The molecule has 6 rings (SSSR count). The van der Waals surface area contributed by atoms with Crippen molar-refractivity contribution in [1.29, 1.82) is 0 Å². The zero-order chi connectivity index (χ0) is 39.9. The fourth-order valence-corrected chi connectivity index (χ4v) is 8.20. The lowest BCUT2D eigenvalue weighted by molar-refractivity contribution is -0.140. The largest absolute Gasteiger partial charge is 0.481 e. The topological polar surface area (TPSA) is 193 Å². The highest BCUT2D eigenvalue weighted by molar-refractivity contribution is 6.32. The van der Waals surface area contributed by atoms with Gasteiger partial charge in [-0.3, -0.25) is 9.59 Å². The summed E-state index contributed by atoms with van der Waals surface area (Å²) in [4.78, 5) is 31.1. The molecule has 2 aromatic carbocycles. The van der Waals surface area contributed by atoms with Crippen LogP contribution in [0.25, 0.3) is 11.1 Å². The first-order chi connectivity index (χ1) is 26.9. The number of carboxylic acid groups (broad SMARTS) is 2. The van der Waals surface area contributed by atoms with E-state index in [2.05, 4.69) is 52.0 Å². The lowest BCUT2D eigenvalue weighted by atomic mass is 9.89. The molecule has 15 heteroatoms. The molecule has 6 N–H and O–H groups in total. The van der Waals surface area contributed by atoms with Gasteiger partial charge >= 0.3 is 11.9 Å².